The number of hydrogen-bond donors (Lipinski definition) is 0. The highest BCUT2D eigenvalue weighted by atomic mass is 16.3. The van der Waals surface area contributed by atoms with E-state index in [4.69, 9.17) is 4.42 Å². The molecule has 6 aromatic carbocycles. The Labute approximate surface area is 317 Å². The molecule has 260 valence electrons. The largest absolute Gasteiger partial charge is 0.456 e. The minimum Gasteiger partial charge on any atom is -0.456 e. The van der Waals surface area contributed by atoms with E-state index in [-0.39, 0.29) is 17.3 Å². The van der Waals surface area contributed by atoms with Crippen molar-refractivity contribution in [3.8, 4) is 11.1 Å². The van der Waals surface area contributed by atoms with Crippen molar-refractivity contribution in [3.63, 3.8) is 0 Å². The first-order valence-corrected chi connectivity index (χ1v) is 19.6. The summed E-state index contributed by atoms with van der Waals surface area (Å²) in [5, 5.41) is 6.60. The second-order valence-electron chi connectivity index (χ2n) is 16.5. The fraction of sp³-hybridized carbons (Fsp3) is 0.170. The smallest absolute Gasteiger partial charge is 0.135 e. The van der Waals surface area contributed by atoms with Gasteiger partial charge in [-0.2, -0.15) is 0 Å². The number of fused-ring (bicyclic) bond motifs is 10. The van der Waals surface area contributed by atoms with E-state index in [9.17, 15) is 0 Å². The van der Waals surface area contributed by atoms with Gasteiger partial charge in [0.25, 0.3) is 0 Å². The van der Waals surface area contributed by atoms with E-state index in [0.717, 1.165) is 17.8 Å². The van der Waals surface area contributed by atoms with Crippen LogP contribution in [0.2, 0.25) is 0 Å². The van der Waals surface area contributed by atoms with Gasteiger partial charge >= 0.3 is 0 Å². The molecule has 1 nitrogen and oxygen atoms in total. The fourth-order valence-corrected chi connectivity index (χ4v) is 10.5. The van der Waals surface area contributed by atoms with Crippen LogP contribution in [0.4, 0.5) is 0 Å². The molecule has 0 amide bonds. The quantitative estimate of drug-likeness (QED) is 0.179. The maximum absolute atomic E-state index is 6.75. The van der Waals surface area contributed by atoms with Gasteiger partial charge < -0.3 is 4.42 Å². The average molecular weight is 695 g/mol. The molecular weight excluding hydrogens is 653 g/mol. The van der Waals surface area contributed by atoms with E-state index >= 15 is 0 Å². The molecule has 7 aromatic rings. The Hall–Kier alpha value is -5.92. The Balaban J connectivity index is 1.13. The van der Waals surface area contributed by atoms with Crippen molar-refractivity contribution in [1.29, 1.82) is 0 Å². The Kier molecular flexibility index (Phi) is 6.75. The minimum atomic E-state index is -0.115. The van der Waals surface area contributed by atoms with Gasteiger partial charge in [-0.25, -0.2) is 0 Å². The van der Waals surface area contributed by atoms with Crippen LogP contribution < -0.4 is 10.4 Å². The van der Waals surface area contributed by atoms with Crippen LogP contribution in [0.15, 0.2) is 150 Å². The molecule has 3 unspecified atom stereocenters. The van der Waals surface area contributed by atoms with E-state index in [1.807, 2.05) is 0 Å². The second-order valence-corrected chi connectivity index (χ2v) is 16.5. The highest BCUT2D eigenvalue weighted by Crippen LogP contribution is 2.53. The molecule has 0 N–H and O–H groups in total. The third kappa shape index (κ3) is 4.45. The van der Waals surface area contributed by atoms with Crippen LogP contribution in [0.25, 0.3) is 55.7 Å². The van der Waals surface area contributed by atoms with Crippen LogP contribution in [0.5, 0.6) is 0 Å². The van der Waals surface area contributed by atoms with Gasteiger partial charge in [0.05, 0.1) is 0 Å². The molecule has 0 radical (unpaired) electrons. The van der Waals surface area contributed by atoms with E-state index in [0.29, 0.717) is 5.92 Å². The molecule has 1 heterocycles. The van der Waals surface area contributed by atoms with Gasteiger partial charge in [0, 0.05) is 28.2 Å². The molecule has 4 aliphatic carbocycles. The summed E-state index contributed by atoms with van der Waals surface area (Å²) in [5.41, 5.74) is 17.2. The molecule has 0 bridgehead atoms. The summed E-state index contributed by atoms with van der Waals surface area (Å²) in [6.45, 7) is 9.34. The lowest BCUT2D eigenvalue weighted by Gasteiger charge is -2.34. The van der Waals surface area contributed by atoms with Gasteiger partial charge in [-0.05, 0) is 114 Å². The monoisotopic (exact) mass is 694 g/mol. The van der Waals surface area contributed by atoms with Gasteiger partial charge in [-0.1, -0.05) is 160 Å². The SMILES string of the molecule is Cc1ccc(C2=Cc3oc4cccc(C5=c6ccccc6=C(c6ccc7c(c6)C(C)(C)c6c-7ccc7ccccc67)C6C=CC=CC56)c4c3CC2C)cc1. The van der Waals surface area contributed by atoms with Crippen molar-refractivity contribution in [1.82, 2.24) is 0 Å². The first-order valence-electron chi connectivity index (χ1n) is 19.6. The summed E-state index contributed by atoms with van der Waals surface area (Å²) in [6.07, 6.45) is 12.7. The van der Waals surface area contributed by atoms with Gasteiger partial charge in [0.2, 0.25) is 0 Å². The van der Waals surface area contributed by atoms with Crippen molar-refractivity contribution in [2.75, 3.05) is 0 Å². The minimum absolute atomic E-state index is 0.115. The number of rotatable bonds is 3. The van der Waals surface area contributed by atoms with Crippen molar-refractivity contribution in [2.24, 2.45) is 17.8 Å². The molecule has 11 rings (SSSR count). The molecule has 1 aromatic heterocycles. The lowest BCUT2D eigenvalue weighted by Crippen LogP contribution is -2.40. The lowest BCUT2D eigenvalue weighted by molar-refractivity contribution is 0.587. The Morgan fingerprint density at radius 3 is 2.17 bits per heavy atom. The fourth-order valence-electron chi connectivity index (χ4n) is 10.5. The molecular formula is C53H42O. The molecule has 4 aliphatic rings. The van der Waals surface area contributed by atoms with Crippen LogP contribution >= 0.6 is 0 Å². The van der Waals surface area contributed by atoms with Crippen molar-refractivity contribution in [3.05, 3.63) is 201 Å². The van der Waals surface area contributed by atoms with Crippen molar-refractivity contribution < 1.29 is 4.42 Å². The highest BCUT2D eigenvalue weighted by Gasteiger charge is 2.39. The van der Waals surface area contributed by atoms with Crippen molar-refractivity contribution >= 4 is 44.5 Å². The Bertz CT molecular complexity index is 2960. The summed E-state index contributed by atoms with van der Waals surface area (Å²) < 4.78 is 6.75. The van der Waals surface area contributed by atoms with Gasteiger partial charge in [0.15, 0.2) is 0 Å². The zero-order valence-electron chi connectivity index (χ0n) is 31.3. The third-order valence-electron chi connectivity index (χ3n) is 13.0. The number of allylic oxidation sites excluding steroid dienone is 5. The average Bonchev–Trinajstić information content (AvgIpc) is 3.67. The number of aryl methyl sites for hydroxylation is 1. The summed E-state index contributed by atoms with van der Waals surface area (Å²) in [5.74, 6) is 1.79. The highest BCUT2D eigenvalue weighted by molar-refractivity contribution is 6.01. The van der Waals surface area contributed by atoms with Gasteiger partial charge in [-0.3, -0.25) is 0 Å². The van der Waals surface area contributed by atoms with Crippen LogP contribution in [-0.2, 0) is 11.8 Å². The van der Waals surface area contributed by atoms with E-state index < -0.39 is 0 Å². The maximum Gasteiger partial charge on any atom is 0.135 e. The lowest BCUT2D eigenvalue weighted by atomic mass is 9.69. The predicted molar refractivity (Wildman–Crippen MR) is 226 cm³/mol. The molecule has 0 saturated heterocycles. The zero-order valence-corrected chi connectivity index (χ0v) is 31.3. The number of benzene rings is 6. The molecule has 0 aliphatic heterocycles. The van der Waals surface area contributed by atoms with Crippen LogP contribution in [-0.4, -0.2) is 0 Å². The van der Waals surface area contributed by atoms with Crippen molar-refractivity contribution in [2.45, 2.75) is 39.5 Å². The van der Waals surface area contributed by atoms with E-state index in [1.165, 1.54) is 93.4 Å². The topological polar surface area (TPSA) is 13.1 Å². The Morgan fingerprint density at radius 1 is 0.648 bits per heavy atom. The molecule has 0 fully saturated rings. The molecule has 0 saturated carbocycles. The molecule has 3 atom stereocenters. The predicted octanol–water partition coefficient (Wildman–Crippen LogP) is 11.7. The standard InChI is InChI=1S/C53H42O/c1-31-20-22-34(23-21-31)44-30-48-45(28-32(44)2)51-43(18-11-19-47(51)54-48)50-40-16-9-7-14-38(40)49(39-15-8-10-17-41(39)50)35-25-26-37-42-27-24-33-12-5-6-13-36(33)52(42)53(3,4)46(37)29-35/h5-27,29-30,32,38,40H,28H2,1-4H3. The zero-order chi connectivity index (χ0) is 36.3. The van der Waals surface area contributed by atoms with Crippen LogP contribution in [0.3, 0.4) is 0 Å². The number of furan rings is 1. The van der Waals surface area contributed by atoms with E-state index in [2.05, 4.69) is 179 Å². The van der Waals surface area contributed by atoms with Gasteiger partial charge in [-0.15, -0.1) is 0 Å². The molecule has 0 spiro atoms. The van der Waals surface area contributed by atoms with E-state index in [1.54, 1.807) is 0 Å². The third-order valence-corrected chi connectivity index (χ3v) is 13.0. The Morgan fingerprint density at radius 2 is 1.35 bits per heavy atom. The first-order chi connectivity index (χ1) is 26.4. The van der Waals surface area contributed by atoms with Crippen LogP contribution in [0, 0.1) is 24.7 Å². The first kappa shape index (κ1) is 31.6. The maximum atomic E-state index is 6.75. The van der Waals surface area contributed by atoms with Crippen LogP contribution in [0.1, 0.15) is 65.5 Å². The summed E-state index contributed by atoms with van der Waals surface area (Å²) in [6, 6.07) is 45.6. The second kappa shape index (κ2) is 11.5. The summed E-state index contributed by atoms with van der Waals surface area (Å²) >= 11 is 0. The summed E-state index contributed by atoms with van der Waals surface area (Å²) in [7, 11) is 0. The summed E-state index contributed by atoms with van der Waals surface area (Å²) in [4.78, 5) is 0. The molecule has 54 heavy (non-hydrogen) atoms. The molecule has 1 heteroatoms. The van der Waals surface area contributed by atoms with Gasteiger partial charge in [0.1, 0.15) is 11.3 Å². The normalized spacial score (nSPS) is 20.4. The number of hydrogen-bond acceptors (Lipinski definition) is 1.